The molecule has 6 nitrogen and oxygen atoms in total. The molecule has 61 heavy (non-hydrogen) atoms. The van der Waals surface area contributed by atoms with Crippen LogP contribution in [-0.4, -0.2) is 37.2 Å². The van der Waals surface area contributed by atoms with Crippen molar-refractivity contribution in [3.63, 3.8) is 0 Å². The topological polar surface area (TPSA) is 78.9 Å². The molecule has 0 spiro atoms. The van der Waals surface area contributed by atoms with Gasteiger partial charge in [-0.15, -0.1) is 0 Å². The van der Waals surface area contributed by atoms with E-state index in [1.165, 1.54) is 44.9 Å². The van der Waals surface area contributed by atoms with E-state index < -0.39 is 6.10 Å². The summed E-state index contributed by atoms with van der Waals surface area (Å²) in [5, 5.41) is 0. The Labute approximate surface area is 375 Å². The molecule has 0 aliphatic heterocycles. The molecule has 0 aliphatic rings. The van der Waals surface area contributed by atoms with Crippen molar-refractivity contribution >= 4 is 17.9 Å². The lowest BCUT2D eigenvalue weighted by Crippen LogP contribution is -2.30. The van der Waals surface area contributed by atoms with Crippen LogP contribution in [0.5, 0.6) is 0 Å². The van der Waals surface area contributed by atoms with E-state index in [1.54, 1.807) is 0 Å². The molecule has 1 unspecified atom stereocenters. The average molecular weight is 847 g/mol. The molecule has 0 rings (SSSR count). The highest BCUT2D eigenvalue weighted by Gasteiger charge is 2.19. The number of hydrogen-bond acceptors (Lipinski definition) is 6. The summed E-state index contributed by atoms with van der Waals surface area (Å²) in [5.41, 5.74) is 0. The molecule has 0 saturated heterocycles. The standard InChI is InChI=1S/C55H90O6/c1-4-7-10-13-16-19-22-25-28-31-33-36-39-42-45-48-54(57)60-51-52(61-55(58)49-46-43-40-37-34-30-27-24-21-18-15-12-9-6-3)50-59-53(56)47-44-41-38-35-32-29-26-23-20-17-14-11-8-5-2/h7,9-10,12-13,16,18-19,21-22,25,27-30,32,52H,4-6,8,11,14-15,17,20,23-24,26,31,33-51H2,1-3H3/b10-7-,12-9-,16-13-,21-18-,22-19-,28-25-,30-27-,32-29-. The number of rotatable bonds is 43. The SMILES string of the molecule is CC\C=C/C=C\C=C/C=C\CCCCCCCC(=O)OCC(COC(=O)CCCCC/C=C\CCCCCCCCC)OC(=O)CCCCCC/C=C\C/C=C\C/C=C\CC. The van der Waals surface area contributed by atoms with Crippen LogP contribution >= 0.6 is 0 Å². The second kappa shape index (κ2) is 49.0. The summed E-state index contributed by atoms with van der Waals surface area (Å²) in [6.45, 7) is 6.31. The summed E-state index contributed by atoms with van der Waals surface area (Å²) in [6.07, 6.45) is 63.9. The molecule has 6 heteroatoms. The minimum Gasteiger partial charge on any atom is -0.462 e. The van der Waals surface area contributed by atoms with Gasteiger partial charge in [-0.2, -0.15) is 0 Å². The summed E-state index contributed by atoms with van der Waals surface area (Å²) < 4.78 is 16.7. The third kappa shape index (κ3) is 47.2. The highest BCUT2D eigenvalue weighted by atomic mass is 16.6. The number of ether oxygens (including phenoxy) is 3. The van der Waals surface area contributed by atoms with Gasteiger partial charge in [0.15, 0.2) is 6.10 Å². The normalized spacial score (nSPS) is 12.9. The van der Waals surface area contributed by atoms with Crippen molar-refractivity contribution in [2.24, 2.45) is 0 Å². The van der Waals surface area contributed by atoms with E-state index in [0.29, 0.717) is 19.3 Å². The molecule has 0 saturated carbocycles. The zero-order chi connectivity index (χ0) is 44.4. The fourth-order valence-electron chi connectivity index (χ4n) is 6.46. The Bertz CT molecular complexity index is 1250. The summed E-state index contributed by atoms with van der Waals surface area (Å²) in [5.74, 6) is -0.970. The molecule has 1 atom stereocenters. The van der Waals surface area contributed by atoms with Crippen molar-refractivity contribution in [2.75, 3.05) is 13.2 Å². The van der Waals surface area contributed by atoms with Crippen LogP contribution in [0.3, 0.4) is 0 Å². The Morgan fingerprint density at radius 3 is 1.23 bits per heavy atom. The maximum absolute atomic E-state index is 12.8. The molecular weight excluding hydrogens is 757 g/mol. The molecular formula is C55H90O6. The summed E-state index contributed by atoms with van der Waals surface area (Å²) in [7, 11) is 0. The predicted molar refractivity (Wildman–Crippen MR) is 260 cm³/mol. The molecule has 0 aliphatic carbocycles. The van der Waals surface area contributed by atoms with Crippen LogP contribution in [0.25, 0.3) is 0 Å². The highest BCUT2D eigenvalue weighted by molar-refractivity contribution is 5.71. The van der Waals surface area contributed by atoms with E-state index in [-0.39, 0.29) is 31.1 Å². The maximum atomic E-state index is 12.8. The molecule has 0 N–H and O–H groups in total. The van der Waals surface area contributed by atoms with Gasteiger partial charge in [-0.25, -0.2) is 0 Å². The van der Waals surface area contributed by atoms with Gasteiger partial charge in [0.2, 0.25) is 0 Å². The predicted octanol–water partition coefficient (Wildman–Crippen LogP) is 16.2. The first-order valence-corrected chi connectivity index (χ1v) is 24.8. The smallest absolute Gasteiger partial charge is 0.306 e. The monoisotopic (exact) mass is 847 g/mol. The number of hydrogen-bond donors (Lipinski definition) is 0. The maximum Gasteiger partial charge on any atom is 0.306 e. The van der Waals surface area contributed by atoms with Gasteiger partial charge in [0.05, 0.1) is 0 Å². The molecule has 0 fully saturated rings. The van der Waals surface area contributed by atoms with E-state index in [4.69, 9.17) is 14.2 Å². The second-order valence-corrected chi connectivity index (χ2v) is 16.0. The molecule has 0 amide bonds. The lowest BCUT2D eigenvalue weighted by atomic mass is 10.1. The third-order valence-corrected chi connectivity index (χ3v) is 10.1. The van der Waals surface area contributed by atoms with Crippen LogP contribution in [0.1, 0.15) is 213 Å². The molecule has 0 aromatic rings. The Morgan fingerprint density at radius 1 is 0.361 bits per heavy atom. The van der Waals surface area contributed by atoms with E-state index in [1.807, 2.05) is 24.3 Å². The second-order valence-electron chi connectivity index (χ2n) is 16.0. The van der Waals surface area contributed by atoms with E-state index in [9.17, 15) is 14.4 Å². The van der Waals surface area contributed by atoms with Gasteiger partial charge in [-0.3, -0.25) is 14.4 Å². The molecule has 346 valence electrons. The minimum atomic E-state index is -0.805. The number of unbranched alkanes of at least 4 members (excludes halogenated alkanes) is 19. The zero-order valence-corrected chi connectivity index (χ0v) is 39.4. The Morgan fingerprint density at radius 2 is 0.721 bits per heavy atom. The Balaban J connectivity index is 4.50. The number of carbonyl (C=O) groups excluding carboxylic acids is 3. The molecule has 0 bridgehead atoms. The van der Waals surface area contributed by atoms with Crippen LogP contribution in [-0.2, 0) is 28.6 Å². The van der Waals surface area contributed by atoms with Crippen molar-refractivity contribution in [1.82, 2.24) is 0 Å². The number of carbonyl (C=O) groups is 3. The minimum absolute atomic E-state index is 0.104. The van der Waals surface area contributed by atoms with Crippen LogP contribution in [0.2, 0.25) is 0 Å². The van der Waals surface area contributed by atoms with Crippen molar-refractivity contribution < 1.29 is 28.6 Å². The van der Waals surface area contributed by atoms with Gasteiger partial charge in [0.1, 0.15) is 13.2 Å². The van der Waals surface area contributed by atoms with Crippen molar-refractivity contribution in [1.29, 1.82) is 0 Å². The van der Waals surface area contributed by atoms with Crippen molar-refractivity contribution in [2.45, 2.75) is 219 Å². The number of allylic oxidation sites excluding steroid dienone is 16. The quantitative estimate of drug-likeness (QED) is 0.0200. The molecule has 0 aromatic carbocycles. The van der Waals surface area contributed by atoms with Gasteiger partial charge >= 0.3 is 17.9 Å². The lowest BCUT2D eigenvalue weighted by Gasteiger charge is -2.18. The number of esters is 3. The summed E-state index contributed by atoms with van der Waals surface area (Å²) in [6, 6.07) is 0. The first-order chi connectivity index (χ1) is 30.0. The van der Waals surface area contributed by atoms with E-state index >= 15 is 0 Å². The van der Waals surface area contributed by atoms with Gasteiger partial charge in [0, 0.05) is 19.3 Å². The Hall–Kier alpha value is -3.67. The third-order valence-electron chi connectivity index (χ3n) is 10.1. The first-order valence-electron chi connectivity index (χ1n) is 24.8. The van der Waals surface area contributed by atoms with Gasteiger partial charge < -0.3 is 14.2 Å². The van der Waals surface area contributed by atoms with E-state index in [0.717, 1.165) is 128 Å². The van der Waals surface area contributed by atoms with Crippen LogP contribution in [0, 0.1) is 0 Å². The fourth-order valence-corrected chi connectivity index (χ4v) is 6.46. The first kappa shape index (κ1) is 57.3. The van der Waals surface area contributed by atoms with Gasteiger partial charge in [0.25, 0.3) is 0 Å². The lowest BCUT2D eigenvalue weighted by molar-refractivity contribution is -0.167. The Kier molecular flexibility index (Phi) is 46.0. The van der Waals surface area contributed by atoms with Crippen molar-refractivity contribution in [3.05, 3.63) is 97.2 Å². The van der Waals surface area contributed by atoms with E-state index in [2.05, 4.69) is 93.7 Å². The molecule has 0 aromatic heterocycles. The summed E-state index contributed by atoms with van der Waals surface area (Å²) >= 11 is 0. The van der Waals surface area contributed by atoms with Gasteiger partial charge in [-0.05, 0) is 96.3 Å². The van der Waals surface area contributed by atoms with Crippen LogP contribution < -0.4 is 0 Å². The van der Waals surface area contributed by atoms with Crippen LogP contribution in [0.15, 0.2) is 97.2 Å². The fraction of sp³-hybridized carbons (Fsp3) is 0.655. The average Bonchev–Trinajstić information content (AvgIpc) is 3.26. The van der Waals surface area contributed by atoms with Crippen LogP contribution in [0.4, 0.5) is 0 Å². The van der Waals surface area contributed by atoms with Crippen molar-refractivity contribution in [3.8, 4) is 0 Å². The molecule has 0 heterocycles. The highest BCUT2D eigenvalue weighted by Crippen LogP contribution is 2.13. The zero-order valence-electron chi connectivity index (χ0n) is 39.4. The van der Waals surface area contributed by atoms with Gasteiger partial charge in [-0.1, -0.05) is 195 Å². The molecule has 0 radical (unpaired) electrons. The summed E-state index contributed by atoms with van der Waals surface area (Å²) in [4.78, 5) is 37.9. The largest absolute Gasteiger partial charge is 0.462 e.